The van der Waals surface area contributed by atoms with Crippen LogP contribution in [0.3, 0.4) is 0 Å². The molecule has 0 spiro atoms. The molecule has 0 bridgehead atoms. The SMILES string of the molecule is C=C[C@H]1CCN(CCC(=O)C=C[C@H]2C[C@@H](COCCCCCCCC(=O)OC(CCCCCCCC)CCCCCCCC)N(CCCCCC(=O)CCCCCCCCCCCC)C2)C1. The van der Waals surface area contributed by atoms with E-state index in [9.17, 15) is 14.4 Å². The van der Waals surface area contributed by atoms with Crippen molar-refractivity contribution < 1.29 is 23.9 Å². The van der Waals surface area contributed by atoms with Crippen LogP contribution in [0.25, 0.3) is 0 Å². The van der Waals surface area contributed by atoms with Crippen LogP contribution >= 0.6 is 0 Å². The fourth-order valence-corrected chi connectivity index (χ4v) is 10.2. The molecule has 3 atom stereocenters. The number of carbonyl (C=O) groups excluding carboxylic acids is 3. The molecule has 2 saturated heterocycles. The Morgan fingerprint density at radius 3 is 1.65 bits per heavy atom. The summed E-state index contributed by atoms with van der Waals surface area (Å²) in [7, 11) is 0. The quantitative estimate of drug-likeness (QED) is 0.0260. The van der Waals surface area contributed by atoms with Crippen molar-refractivity contribution in [3.05, 3.63) is 24.8 Å². The van der Waals surface area contributed by atoms with Crippen molar-refractivity contribution in [3.63, 3.8) is 0 Å². The number of hydrogen-bond donors (Lipinski definition) is 0. The minimum Gasteiger partial charge on any atom is -0.462 e. The zero-order chi connectivity index (χ0) is 47.6. The van der Waals surface area contributed by atoms with E-state index >= 15 is 0 Å². The minimum absolute atomic E-state index is 0.0102. The van der Waals surface area contributed by atoms with Gasteiger partial charge in [-0.25, -0.2) is 0 Å². The van der Waals surface area contributed by atoms with Crippen LogP contribution in [0.15, 0.2) is 24.8 Å². The van der Waals surface area contributed by atoms with Gasteiger partial charge in [0, 0.05) is 58.0 Å². The summed E-state index contributed by atoms with van der Waals surface area (Å²) in [6, 6.07) is 0.366. The number of allylic oxidation sites excluding steroid dienone is 1. The monoisotopic (exact) mass is 925 g/mol. The number of ketones is 2. The van der Waals surface area contributed by atoms with Crippen molar-refractivity contribution >= 4 is 17.5 Å². The Bertz CT molecular complexity index is 1190. The number of unbranched alkanes of at least 4 members (excludes halogenated alkanes) is 25. The van der Waals surface area contributed by atoms with Crippen LogP contribution in [0, 0.1) is 11.8 Å². The first-order valence-corrected chi connectivity index (χ1v) is 29.0. The van der Waals surface area contributed by atoms with Gasteiger partial charge in [0.1, 0.15) is 11.9 Å². The van der Waals surface area contributed by atoms with Gasteiger partial charge in [0.2, 0.25) is 0 Å². The van der Waals surface area contributed by atoms with Gasteiger partial charge in [-0.3, -0.25) is 19.3 Å². The van der Waals surface area contributed by atoms with E-state index in [0.29, 0.717) is 36.5 Å². The lowest BCUT2D eigenvalue weighted by molar-refractivity contribution is -0.150. The number of nitrogens with zero attached hydrogens (tertiary/aromatic N) is 2. The van der Waals surface area contributed by atoms with E-state index in [1.807, 2.05) is 6.08 Å². The molecule has 7 nitrogen and oxygen atoms in total. The Kier molecular flexibility index (Phi) is 39.5. The topological polar surface area (TPSA) is 76.2 Å². The van der Waals surface area contributed by atoms with Crippen LogP contribution in [-0.4, -0.2) is 85.4 Å². The molecule has 0 aromatic carbocycles. The van der Waals surface area contributed by atoms with Crippen molar-refractivity contribution in [3.8, 4) is 0 Å². The Morgan fingerprint density at radius 1 is 0.576 bits per heavy atom. The number of ether oxygens (including phenoxy) is 2. The predicted molar refractivity (Wildman–Crippen MR) is 281 cm³/mol. The van der Waals surface area contributed by atoms with Gasteiger partial charge >= 0.3 is 5.97 Å². The molecular weight excluding hydrogens is 817 g/mol. The van der Waals surface area contributed by atoms with Gasteiger partial charge < -0.3 is 14.4 Å². The third-order valence-electron chi connectivity index (χ3n) is 14.7. The highest BCUT2D eigenvalue weighted by Gasteiger charge is 2.30. The maximum absolute atomic E-state index is 12.9. The standard InChI is InChI=1S/C59H108N2O5/c1-5-9-12-15-18-19-20-21-23-29-36-56(62)37-30-28-34-45-61-51-54(41-42-57(63)44-47-60-46-43-53(8-4)50-60)49-55(61)52-65-48-35-27-22-26-33-40-59(64)66-58(38-31-24-16-13-10-6-2)39-32-25-17-14-11-7-3/h8,41-42,53-55,58H,4-7,9-40,43-52H2,1-3H3/t53-,54-,55-/m0/s1. The fourth-order valence-electron chi connectivity index (χ4n) is 10.2. The van der Waals surface area contributed by atoms with Crippen LogP contribution in [0.4, 0.5) is 0 Å². The summed E-state index contributed by atoms with van der Waals surface area (Å²) in [6.07, 6.45) is 49.9. The summed E-state index contributed by atoms with van der Waals surface area (Å²) in [5.41, 5.74) is 0. The third kappa shape index (κ3) is 33.6. The average molecular weight is 926 g/mol. The van der Waals surface area contributed by atoms with Crippen molar-refractivity contribution in [2.75, 3.05) is 45.9 Å². The lowest BCUT2D eigenvalue weighted by Crippen LogP contribution is -2.34. The van der Waals surface area contributed by atoms with Gasteiger partial charge in [-0.05, 0) is 102 Å². The molecule has 2 aliphatic rings. The Balaban J connectivity index is 1.67. The van der Waals surface area contributed by atoms with Gasteiger partial charge in [0.15, 0.2) is 5.78 Å². The van der Waals surface area contributed by atoms with Crippen molar-refractivity contribution in [1.82, 2.24) is 9.80 Å². The van der Waals surface area contributed by atoms with E-state index in [1.54, 1.807) is 0 Å². The molecule has 0 aromatic rings. The zero-order valence-electron chi connectivity index (χ0n) is 44.0. The Hall–Kier alpha value is -1.83. The first-order valence-electron chi connectivity index (χ1n) is 29.0. The molecule has 384 valence electrons. The first kappa shape index (κ1) is 60.3. The van der Waals surface area contributed by atoms with E-state index in [-0.39, 0.29) is 17.9 Å². The summed E-state index contributed by atoms with van der Waals surface area (Å²) in [4.78, 5) is 43.3. The Labute approximate surface area is 409 Å². The van der Waals surface area contributed by atoms with E-state index in [0.717, 1.165) is 142 Å². The molecule has 0 aliphatic carbocycles. The zero-order valence-corrected chi connectivity index (χ0v) is 44.0. The first-order chi connectivity index (χ1) is 32.4. The highest BCUT2D eigenvalue weighted by molar-refractivity contribution is 5.89. The molecule has 0 amide bonds. The molecule has 7 heteroatoms. The number of likely N-dealkylation sites (tertiary alicyclic amines) is 2. The number of rotatable bonds is 48. The van der Waals surface area contributed by atoms with Gasteiger partial charge in [-0.15, -0.1) is 6.58 Å². The normalized spacial score (nSPS) is 18.0. The maximum Gasteiger partial charge on any atom is 0.306 e. The molecule has 66 heavy (non-hydrogen) atoms. The molecule has 0 aromatic heterocycles. The van der Waals surface area contributed by atoms with Crippen molar-refractivity contribution in [2.24, 2.45) is 11.8 Å². The molecule has 2 fully saturated rings. The second kappa shape index (κ2) is 43.2. The van der Waals surface area contributed by atoms with E-state index in [1.165, 1.54) is 135 Å². The van der Waals surface area contributed by atoms with Crippen LogP contribution in [-0.2, 0) is 23.9 Å². The number of esters is 1. The maximum atomic E-state index is 12.9. The number of Topliss-reactive ketones (excluding diaryl/α,β-unsaturated/α-hetero) is 1. The van der Waals surface area contributed by atoms with Gasteiger partial charge in [0.25, 0.3) is 0 Å². The largest absolute Gasteiger partial charge is 0.462 e. The third-order valence-corrected chi connectivity index (χ3v) is 14.7. The summed E-state index contributed by atoms with van der Waals surface area (Å²) in [6.45, 7) is 17.2. The highest BCUT2D eigenvalue weighted by atomic mass is 16.5. The smallest absolute Gasteiger partial charge is 0.306 e. The molecule has 2 heterocycles. The summed E-state index contributed by atoms with van der Waals surface area (Å²) in [5, 5.41) is 0. The highest BCUT2D eigenvalue weighted by Crippen LogP contribution is 2.26. The molecular formula is C59H108N2O5. The average Bonchev–Trinajstić information content (AvgIpc) is 3.96. The van der Waals surface area contributed by atoms with E-state index < -0.39 is 0 Å². The van der Waals surface area contributed by atoms with Gasteiger partial charge in [-0.1, -0.05) is 181 Å². The molecule has 0 radical (unpaired) electrons. The summed E-state index contributed by atoms with van der Waals surface area (Å²) in [5.74, 6) is 1.63. The molecule has 2 rings (SSSR count). The summed E-state index contributed by atoms with van der Waals surface area (Å²) >= 11 is 0. The van der Waals surface area contributed by atoms with Crippen LogP contribution in [0.1, 0.15) is 265 Å². The second-order valence-corrected chi connectivity index (χ2v) is 20.9. The molecule has 0 unspecified atom stereocenters. The van der Waals surface area contributed by atoms with E-state index in [2.05, 4.69) is 49.3 Å². The van der Waals surface area contributed by atoms with Crippen LogP contribution in [0.5, 0.6) is 0 Å². The van der Waals surface area contributed by atoms with E-state index in [4.69, 9.17) is 9.47 Å². The minimum atomic E-state index is 0.0102. The fraction of sp³-hybridized carbons (Fsp3) is 0.881. The van der Waals surface area contributed by atoms with Gasteiger partial charge in [-0.2, -0.15) is 0 Å². The predicted octanol–water partition coefficient (Wildman–Crippen LogP) is 15.9. The lowest BCUT2D eigenvalue weighted by atomic mass is 10.0. The van der Waals surface area contributed by atoms with Crippen molar-refractivity contribution in [1.29, 1.82) is 0 Å². The molecule has 2 aliphatic heterocycles. The molecule has 0 saturated carbocycles. The van der Waals surface area contributed by atoms with Gasteiger partial charge in [0.05, 0.1) is 6.61 Å². The van der Waals surface area contributed by atoms with Crippen molar-refractivity contribution in [2.45, 2.75) is 277 Å². The second-order valence-electron chi connectivity index (χ2n) is 20.9. The Morgan fingerprint density at radius 2 is 1.09 bits per heavy atom. The van der Waals surface area contributed by atoms with Crippen LogP contribution < -0.4 is 0 Å². The summed E-state index contributed by atoms with van der Waals surface area (Å²) < 4.78 is 12.4. The lowest BCUT2D eigenvalue weighted by Gasteiger charge is -2.24. The molecule has 0 N–H and O–H groups in total. The number of hydrogen-bond acceptors (Lipinski definition) is 7. The van der Waals surface area contributed by atoms with Crippen LogP contribution in [0.2, 0.25) is 0 Å². The number of carbonyl (C=O) groups is 3.